The van der Waals surface area contributed by atoms with Gasteiger partial charge in [0.2, 0.25) is 10.0 Å². The van der Waals surface area contributed by atoms with Crippen molar-refractivity contribution in [2.24, 2.45) is 0 Å². The van der Waals surface area contributed by atoms with E-state index in [-0.39, 0.29) is 22.9 Å². The lowest BCUT2D eigenvalue weighted by atomic mass is 10.2. The lowest BCUT2D eigenvalue weighted by Crippen LogP contribution is -3.19. The number of carbonyl (C=O) groups excluding carboxylic acids is 1. The van der Waals surface area contributed by atoms with E-state index in [9.17, 15) is 13.2 Å². The predicted octanol–water partition coefficient (Wildman–Crippen LogP) is -0.502. The van der Waals surface area contributed by atoms with Crippen molar-refractivity contribution >= 4 is 15.9 Å². The molecule has 1 heterocycles. The largest absolute Gasteiger partial charge is 0.497 e. The van der Waals surface area contributed by atoms with Crippen molar-refractivity contribution in [1.29, 1.82) is 0 Å². The summed E-state index contributed by atoms with van der Waals surface area (Å²) in [5.41, 5.74) is 0. The normalized spacial score (nSPS) is 18.1. The van der Waals surface area contributed by atoms with E-state index in [2.05, 4.69) is 5.32 Å². The molecule has 1 aliphatic rings. The summed E-state index contributed by atoms with van der Waals surface area (Å²) in [7, 11) is -1.97. The molecule has 8 heteroatoms. The number of nitrogens with one attached hydrogen (secondary N) is 2. The summed E-state index contributed by atoms with van der Waals surface area (Å²) in [5, 5.41) is 2.91. The SMILES string of the molecule is COc1ccc(S(=O)(=O)N2CC[NH+]([C@H](C)C(=O)NC(C)C)CC2)cc1. The maximum absolute atomic E-state index is 12.7. The third kappa shape index (κ3) is 4.71. The first kappa shape index (κ1) is 19.7. The third-order valence-corrected chi connectivity index (χ3v) is 6.41. The lowest BCUT2D eigenvalue weighted by Gasteiger charge is -2.34. The molecule has 0 saturated carbocycles. The summed E-state index contributed by atoms with van der Waals surface area (Å²) in [5.74, 6) is 0.634. The number of rotatable bonds is 6. The van der Waals surface area contributed by atoms with E-state index in [0.29, 0.717) is 31.9 Å². The number of ether oxygens (including phenoxy) is 1. The van der Waals surface area contributed by atoms with Gasteiger partial charge in [-0.1, -0.05) is 0 Å². The van der Waals surface area contributed by atoms with E-state index in [1.807, 2.05) is 20.8 Å². The van der Waals surface area contributed by atoms with Gasteiger partial charge in [0.15, 0.2) is 6.04 Å². The van der Waals surface area contributed by atoms with E-state index in [1.165, 1.54) is 4.31 Å². The number of carbonyl (C=O) groups is 1. The highest BCUT2D eigenvalue weighted by atomic mass is 32.2. The molecule has 0 spiro atoms. The van der Waals surface area contributed by atoms with Crippen LogP contribution >= 0.6 is 0 Å². The van der Waals surface area contributed by atoms with Crippen LogP contribution in [0.2, 0.25) is 0 Å². The van der Waals surface area contributed by atoms with Gasteiger partial charge in [-0.2, -0.15) is 4.31 Å². The fourth-order valence-corrected chi connectivity index (χ4v) is 4.38. The zero-order valence-corrected chi connectivity index (χ0v) is 16.1. The van der Waals surface area contributed by atoms with Crippen molar-refractivity contribution in [3.05, 3.63) is 24.3 Å². The molecular formula is C17H28N3O4S+. The third-order valence-electron chi connectivity index (χ3n) is 4.50. The molecule has 1 aromatic carbocycles. The van der Waals surface area contributed by atoms with Gasteiger partial charge in [-0.25, -0.2) is 8.42 Å². The Hall–Kier alpha value is -1.64. The topological polar surface area (TPSA) is 80.2 Å². The summed E-state index contributed by atoms with van der Waals surface area (Å²) in [6.45, 7) is 7.79. The van der Waals surface area contributed by atoms with E-state index in [1.54, 1.807) is 31.4 Å². The average Bonchev–Trinajstić information content (AvgIpc) is 2.60. The Balaban J connectivity index is 1.99. The van der Waals surface area contributed by atoms with Gasteiger partial charge in [-0.15, -0.1) is 0 Å². The number of hydrogen-bond acceptors (Lipinski definition) is 4. The number of hydrogen-bond donors (Lipinski definition) is 2. The molecule has 1 saturated heterocycles. The summed E-state index contributed by atoms with van der Waals surface area (Å²) >= 11 is 0. The monoisotopic (exact) mass is 370 g/mol. The molecule has 0 aliphatic carbocycles. The molecule has 1 atom stereocenters. The summed E-state index contributed by atoms with van der Waals surface area (Å²) in [6.07, 6.45) is 0. The highest BCUT2D eigenvalue weighted by molar-refractivity contribution is 7.89. The van der Waals surface area contributed by atoms with E-state index in [4.69, 9.17) is 4.74 Å². The van der Waals surface area contributed by atoms with Gasteiger partial charge in [-0.05, 0) is 45.0 Å². The molecule has 0 aromatic heterocycles. The predicted molar refractivity (Wildman–Crippen MR) is 95.2 cm³/mol. The fourth-order valence-electron chi connectivity index (χ4n) is 2.94. The van der Waals surface area contributed by atoms with Crippen LogP contribution in [0.3, 0.4) is 0 Å². The van der Waals surface area contributed by atoms with Gasteiger partial charge in [0.1, 0.15) is 5.75 Å². The molecule has 0 bridgehead atoms. The van der Waals surface area contributed by atoms with Crippen molar-refractivity contribution in [1.82, 2.24) is 9.62 Å². The Bertz CT molecular complexity index is 680. The molecule has 1 aromatic rings. The van der Waals surface area contributed by atoms with Crippen LogP contribution in [-0.4, -0.2) is 64.0 Å². The van der Waals surface area contributed by atoms with E-state index in [0.717, 1.165) is 4.90 Å². The lowest BCUT2D eigenvalue weighted by molar-refractivity contribution is -0.917. The van der Waals surface area contributed by atoms with E-state index >= 15 is 0 Å². The van der Waals surface area contributed by atoms with Crippen LogP contribution in [0.1, 0.15) is 20.8 Å². The molecule has 0 radical (unpaired) electrons. The fraction of sp³-hybridized carbons (Fsp3) is 0.588. The van der Waals surface area contributed by atoms with Crippen molar-refractivity contribution in [2.45, 2.75) is 37.8 Å². The molecule has 140 valence electrons. The quantitative estimate of drug-likeness (QED) is 0.707. The Labute approximate surface area is 150 Å². The minimum Gasteiger partial charge on any atom is -0.497 e. The van der Waals surface area contributed by atoms with Crippen LogP contribution in [0.5, 0.6) is 5.75 Å². The van der Waals surface area contributed by atoms with Crippen LogP contribution < -0.4 is 15.0 Å². The summed E-state index contributed by atoms with van der Waals surface area (Å²) < 4.78 is 32.0. The van der Waals surface area contributed by atoms with Gasteiger partial charge in [-0.3, -0.25) is 4.79 Å². The Kier molecular flexibility index (Phi) is 6.42. The zero-order valence-electron chi connectivity index (χ0n) is 15.3. The molecule has 0 unspecified atom stereocenters. The molecule has 2 rings (SSSR count). The van der Waals surface area contributed by atoms with Crippen molar-refractivity contribution in [2.75, 3.05) is 33.3 Å². The number of benzene rings is 1. The van der Waals surface area contributed by atoms with Gasteiger partial charge >= 0.3 is 0 Å². The second-order valence-electron chi connectivity index (χ2n) is 6.62. The number of methoxy groups -OCH3 is 1. The number of amides is 1. The van der Waals surface area contributed by atoms with Crippen LogP contribution in [-0.2, 0) is 14.8 Å². The number of sulfonamides is 1. The van der Waals surface area contributed by atoms with Crippen LogP contribution in [0.15, 0.2) is 29.2 Å². The van der Waals surface area contributed by atoms with E-state index < -0.39 is 10.0 Å². The minimum absolute atomic E-state index is 0.0106. The van der Waals surface area contributed by atoms with Crippen molar-refractivity contribution in [3.63, 3.8) is 0 Å². The molecule has 1 amide bonds. The maximum Gasteiger partial charge on any atom is 0.278 e. The van der Waals surface area contributed by atoms with Crippen LogP contribution in [0.25, 0.3) is 0 Å². The first-order valence-corrected chi connectivity index (χ1v) is 9.99. The first-order valence-electron chi connectivity index (χ1n) is 8.55. The highest BCUT2D eigenvalue weighted by Gasteiger charge is 2.34. The Morgan fingerprint density at radius 1 is 1.16 bits per heavy atom. The van der Waals surface area contributed by atoms with Crippen molar-refractivity contribution in [3.8, 4) is 5.75 Å². The molecule has 25 heavy (non-hydrogen) atoms. The summed E-state index contributed by atoms with van der Waals surface area (Å²) in [4.78, 5) is 13.5. The maximum atomic E-state index is 12.7. The summed E-state index contributed by atoms with van der Waals surface area (Å²) in [6, 6.07) is 6.33. The number of piperazine rings is 1. The Morgan fingerprint density at radius 2 is 1.72 bits per heavy atom. The van der Waals surface area contributed by atoms with Crippen LogP contribution in [0.4, 0.5) is 0 Å². The molecule has 1 aliphatic heterocycles. The van der Waals surface area contributed by atoms with Gasteiger partial charge in [0.05, 0.1) is 38.2 Å². The minimum atomic E-state index is -3.51. The molecule has 1 fully saturated rings. The zero-order chi connectivity index (χ0) is 18.6. The highest BCUT2D eigenvalue weighted by Crippen LogP contribution is 2.19. The van der Waals surface area contributed by atoms with Gasteiger partial charge in [0.25, 0.3) is 5.91 Å². The number of quaternary nitrogens is 1. The first-order chi connectivity index (χ1) is 11.8. The molecule has 7 nitrogen and oxygen atoms in total. The molecular weight excluding hydrogens is 342 g/mol. The average molecular weight is 370 g/mol. The van der Waals surface area contributed by atoms with Gasteiger partial charge < -0.3 is 15.0 Å². The van der Waals surface area contributed by atoms with Crippen LogP contribution in [0, 0.1) is 0 Å². The second kappa shape index (κ2) is 8.16. The molecule has 2 N–H and O–H groups in total. The smallest absolute Gasteiger partial charge is 0.278 e. The van der Waals surface area contributed by atoms with Gasteiger partial charge in [0, 0.05) is 6.04 Å². The Morgan fingerprint density at radius 3 is 2.20 bits per heavy atom. The number of nitrogens with zero attached hydrogens (tertiary/aromatic N) is 1. The van der Waals surface area contributed by atoms with Crippen molar-refractivity contribution < 1.29 is 22.8 Å². The second-order valence-corrected chi connectivity index (χ2v) is 8.56. The standard InChI is InChI=1S/C17H27N3O4S/c1-13(2)18-17(21)14(3)19-9-11-20(12-10-19)25(22,23)16-7-5-15(24-4)6-8-16/h5-8,13-14H,9-12H2,1-4H3,(H,18,21)/p+1/t14-/m1/s1.